The molecule has 3 rings (SSSR count). The lowest BCUT2D eigenvalue weighted by Crippen LogP contribution is -2.33. The topological polar surface area (TPSA) is 14.2 Å². The number of benzene rings is 1. The highest BCUT2D eigenvalue weighted by Gasteiger charge is 2.33. The summed E-state index contributed by atoms with van der Waals surface area (Å²) in [7, 11) is 0. The molecule has 1 aliphatic rings. The maximum absolute atomic E-state index is 6.47. The van der Waals surface area contributed by atoms with Crippen LogP contribution in [0.25, 0.3) is 16.6 Å². The van der Waals surface area contributed by atoms with Crippen LogP contribution in [0.3, 0.4) is 0 Å². The van der Waals surface area contributed by atoms with Gasteiger partial charge in [0.05, 0.1) is 16.7 Å². The standard InChI is InChI=1S/C24H31NO/c1-17(19-13-9-8-10-14-19)25-18(2)22(20-15-11-12-16-21(20)25)24(6,7)26-23(3,4)5/h8-13,15-16,19H,1,14H2,2-7H3. The molecule has 1 aromatic carbocycles. The van der Waals surface area contributed by atoms with Crippen molar-refractivity contribution in [2.45, 2.75) is 59.2 Å². The summed E-state index contributed by atoms with van der Waals surface area (Å²) in [6.07, 6.45) is 9.68. The van der Waals surface area contributed by atoms with Gasteiger partial charge in [-0.25, -0.2) is 0 Å². The minimum atomic E-state index is -0.393. The smallest absolute Gasteiger partial charge is 0.0905 e. The lowest BCUT2D eigenvalue weighted by molar-refractivity contribution is -0.116. The van der Waals surface area contributed by atoms with Crippen LogP contribution < -0.4 is 0 Å². The van der Waals surface area contributed by atoms with E-state index in [4.69, 9.17) is 4.74 Å². The van der Waals surface area contributed by atoms with Crippen molar-refractivity contribution in [2.75, 3.05) is 0 Å². The highest BCUT2D eigenvalue weighted by molar-refractivity contribution is 5.89. The molecule has 138 valence electrons. The Balaban J connectivity index is 2.17. The molecule has 2 nitrogen and oxygen atoms in total. The quantitative estimate of drug-likeness (QED) is 0.606. The zero-order valence-corrected chi connectivity index (χ0v) is 17.0. The van der Waals surface area contributed by atoms with Gasteiger partial charge in [0.15, 0.2) is 0 Å². The first-order valence-electron chi connectivity index (χ1n) is 9.45. The highest BCUT2D eigenvalue weighted by atomic mass is 16.5. The molecule has 0 saturated carbocycles. The summed E-state index contributed by atoms with van der Waals surface area (Å²) in [6.45, 7) is 17.3. The monoisotopic (exact) mass is 349 g/mol. The molecule has 1 aromatic heterocycles. The molecule has 0 radical (unpaired) electrons. The van der Waals surface area contributed by atoms with Crippen molar-refractivity contribution in [3.05, 3.63) is 66.4 Å². The minimum absolute atomic E-state index is 0.215. The van der Waals surface area contributed by atoms with Gasteiger partial charge in [0, 0.05) is 28.3 Å². The van der Waals surface area contributed by atoms with Crippen LogP contribution in [-0.4, -0.2) is 10.2 Å². The van der Waals surface area contributed by atoms with Gasteiger partial charge < -0.3 is 9.30 Å². The van der Waals surface area contributed by atoms with E-state index in [1.54, 1.807) is 0 Å². The van der Waals surface area contributed by atoms with E-state index in [-0.39, 0.29) is 5.60 Å². The van der Waals surface area contributed by atoms with E-state index in [2.05, 4.69) is 101 Å². The van der Waals surface area contributed by atoms with Crippen LogP contribution >= 0.6 is 0 Å². The Labute approximate surface area is 157 Å². The van der Waals surface area contributed by atoms with Crippen LogP contribution in [-0.2, 0) is 10.3 Å². The summed E-state index contributed by atoms with van der Waals surface area (Å²) in [5, 5.41) is 1.25. The fraction of sp³-hybridized carbons (Fsp3) is 0.417. The van der Waals surface area contributed by atoms with Crippen LogP contribution in [0, 0.1) is 12.8 Å². The van der Waals surface area contributed by atoms with E-state index in [9.17, 15) is 0 Å². The Kier molecular flexibility index (Phi) is 4.74. The van der Waals surface area contributed by atoms with E-state index >= 15 is 0 Å². The van der Waals surface area contributed by atoms with Crippen molar-refractivity contribution in [2.24, 2.45) is 5.92 Å². The molecule has 0 bridgehead atoms. The van der Waals surface area contributed by atoms with Gasteiger partial charge in [0.2, 0.25) is 0 Å². The number of allylic oxidation sites excluding steroid dienone is 5. The molecule has 26 heavy (non-hydrogen) atoms. The lowest BCUT2D eigenvalue weighted by atomic mass is 9.93. The molecule has 0 saturated heterocycles. The average molecular weight is 350 g/mol. The Morgan fingerprint density at radius 2 is 1.81 bits per heavy atom. The molecule has 0 amide bonds. The van der Waals surface area contributed by atoms with Gasteiger partial charge in [-0.3, -0.25) is 0 Å². The van der Waals surface area contributed by atoms with Gasteiger partial charge in [-0.05, 0) is 54.0 Å². The Hall–Kier alpha value is -2.06. The third kappa shape index (κ3) is 3.43. The third-order valence-corrected chi connectivity index (χ3v) is 4.97. The third-order valence-electron chi connectivity index (χ3n) is 4.97. The second-order valence-corrected chi connectivity index (χ2v) is 8.68. The van der Waals surface area contributed by atoms with E-state index in [0.29, 0.717) is 5.92 Å². The van der Waals surface area contributed by atoms with Gasteiger partial charge in [0.1, 0.15) is 0 Å². The fourth-order valence-electron chi connectivity index (χ4n) is 4.31. The first kappa shape index (κ1) is 18.7. The first-order valence-corrected chi connectivity index (χ1v) is 9.45. The summed E-state index contributed by atoms with van der Waals surface area (Å²) in [6, 6.07) is 8.59. The number of aromatic nitrogens is 1. The fourth-order valence-corrected chi connectivity index (χ4v) is 4.31. The second kappa shape index (κ2) is 6.59. The highest BCUT2D eigenvalue weighted by Crippen LogP contribution is 2.41. The normalized spacial score (nSPS) is 17.8. The number of nitrogens with zero attached hydrogens (tertiary/aromatic N) is 1. The molecule has 1 unspecified atom stereocenters. The van der Waals surface area contributed by atoms with E-state index in [1.165, 1.54) is 22.2 Å². The molecule has 2 aromatic rings. The molecule has 0 spiro atoms. The van der Waals surface area contributed by atoms with Crippen LogP contribution in [0.4, 0.5) is 0 Å². The maximum atomic E-state index is 6.47. The Bertz CT molecular complexity index is 887. The van der Waals surface area contributed by atoms with Crippen molar-refractivity contribution in [1.29, 1.82) is 0 Å². The van der Waals surface area contributed by atoms with E-state index in [1.807, 2.05) is 0 Å². The van der Waals surface area contributed by atoms with Crippen LogP contribution in [0.2, 0.25) is 0 Å². The number of para-hydroxylation sites is 1. The average Bonchev–Trinajstić information content (AvgIpc) is 2.85. The molecular weight excluding hydrogens is 318 g/mol. The van der Waals surface area contributed by atoms with Gasteiger partial charge >= 0.3 is 0 Å². The predicted octanol–water partition coefficient (Wildman–Crippen LogP) is 6.60. The van der Waals surface area contributed by atoms with E-state index in [0.717, 1.165) is 12.1 Å². The number of ether oxygens (including phenoxy) is 1. The van der Waals surface area contributed by atoms with Crippen LogP contribution in [0.5, 0.6) is 0 Å². The van der Waals surface area contributed by atoms with Crippen LogP contribution in [0.15, 0.2) is 55.1 Å². The van der Waals surface area contributed by atoms with Crippen molar-refractivity contribution in [3.8, 4) is 0 Å². The maximum Gasteiger partial charge on any atom is 0.0905 e. The predicted molar refractivity (Wildman–Crippen MR) is 112 cm³/mol. The van der Waals surface area contributed by atoms with Crippen LogP contribution in [0.1, 0.15) is 52.3 Å². The van der Waals surface area contributed by atoms with Crippen molar-refractivity contribution in [1.82, 2.24) is 4.57 Å². The zero-order chi connectivity index (χ0) is 19.1. The summed E-state index contributed by atoms with van der Waals surface area (Å²) in [5.41, 5.74) is 4.19. The molecule has 1 heterocycles. The Morgan fingerprint density at radius 1 is 1.12 bits per heavy atom. The first-order chi connectivity index (χ1) is 12.1. The summed E-state index contributed by atoms with van der Waals surface area (Å²) < 4.78 is 8.80. The number of hydrogen-bond acceptors (Lipinski definition) is 1. The number of rotatable bonds is 4. The second-order valence-electron chi connectivity index (χ2n) is 8.68. The van der Waals surface area contributed by atoms with Gasteiger partial charge in [-0.2, -0.15) is 0 Å². The molecule has 2 heteroatoms. The molecule has 1 aliphatic carbocycles. The van der Waals surface area contributed by atoms with E-state index < -0.39 is 5.60 Å². The van der Waals surface area contributed by atoms with Crippen molar-refractivity contribution in [3.63, 3.8) is 0 Å². The molecule has 0 fully saturated rings. The zero-order valence-electron chi connectivity index (χ0n) is 17.0. The largest absolute Gasteiger partial charge is 0.365 e. The Morgan fingerprint density at radius 3 is 2.42 bits per heavy atom. The summed E-state index contributed by atoms with van der Waals surface area (Å²) in [5.74, 6) is 0.328. The van der Waals surface area contributed by atoms with Gasteiger partial charge in [-0.1, -0.05) is 49.1 Å². The number of hydrogen-bond donors (Lipinski definition) is 0. The lowest BCUT2D eigenvalue weighted by Gasteiger charge is -2.34. The van der Waals surface area contributed by atoms with Crippen molar-refractivity contribution >= 4 is 16.6 Å². The minimum Gasteiger partial charge on any atom is -0.365 e. The molecule has 0 aliphatic heterocycles. The molecule has 0 N–H and O–H groups in total. The van der Waals surface area contributed by atoms with Crippen molar-refractivity contribution < 1.29 is 4.74 Å². The molecular formula is C24H31NO. The van der Waals surface area contributed by atoms with Gasteiger partial charge in [-0.15, -0.1) is 0 Å². The van der Waals surface area contributed by atoms with Gasteiger partial charge in [0.25, 0.3) is 0 Å². The summed E-state index contributed by atoms with van der Waals surface area (Å²) in [4.78, 5) is 0. The molecule has 1 atom stereocenters. The SMILES string of the molecule is C=C(C1C=CC=CC1)n1c(C)c(C(C)(C)OC(C)(C)C)c2ccccc21. The summed E-state index contributed by atoms with van der Waals surface area (Å²) >= 11 is 0. The number of fused-ring (bicyclic) bond motifs is 1.